The van der Waals surface area contributed by atoms with Crippen molar-refractivity contribution < 1.29 is 19.1 Å². The third-order valence-corrected chi connectivity index (χ3v) is 4.82. The molecule has 0 spiro atoms. The van der Waals surface area contributed by atoms with E-state index in [2.05, 4.69) is 5.32 Å². The van der Waals surface area contributed by atoms with E-state index in [9.17, 15) is 9.59 Å². The highest BCUT2D eigenvalue weighted by atomic mass is 16.5. The van der Waals surface area contributed by atoms with Gasteiger partial charge in [0.25, 0.3) is 0 Å². The zero-order chi connectivity index (χ0) is 19.6. The monoisotopic (exact) mass is 368 g/mol. The Morgan fingerprint density at radius 1 is 1.11 bits per heavy atom. The second kappa shape index (κ2) is 7.70. The zero-order valence-corrected chi connectivity index (χ0v) is 16.0. The smallest absolute Gasteiger partial charge is 0.229 e. The molecule has 1 atom stereocenters. The van der Waals surface area contributed by atoms with Crippen molar-refractivity contribution in [2.24, 2.45) is 5.92 Å². The highest BCUT2D eigenvalue weighted by molar-refractivity contribution is 6.04. The number of hydrogen-bond donors (Lipinski definition) is 1. The Bertz CT molecular complexity index is 878. The molecule has 3 rings (SSSR count). The van der Waals surface area contributed by atoms with E-state index in [0.29, 0.717) is 23.7 Å². The second-order valence-corrected chi connectivity index (χ2v) is 6.75. The third-order valence-electron chi connectivity index (χ3n) is 4.82. The average molecular weight is 368 g/mol. The summed E-state index contributed by atoms with van der Waals surface area (Å²) >= 11 is 0. The molecule has 142 valence electrons. The van der Waals surface area contributed by atoms with Crippen LogP contribution in [0.3, 0.4) is 0 Å². The fraction of sp³-hybridized carbons (Fsp3) is 0.333. The van der Waals surface area contributed by atoms with Crippen LogP contribution >= 0.6 is 0 Å². The van der Waals surface area contributed by atoms with Crippen LogP contribution in [0.15, 0.2) is 36.4 Å². The molecule has 6 heteroatoms. The van der Waals surface area contributed by atoms with Crippen LogP contribution in [0.1, 0.15) is 17.5 Å². The molecule has 0 saturated carbocycles. The van der Waals surface area contributed by atoms with Crippen LogP contribution in [0.25, 0.3) is 0 Å². The van der Waals surface area contributed by atoms with Gasteiger partial charge in [-0.05, 0) is 43.2 Å². The first-order chi connectivity index (χ1) is 12.9. The van der Waals surface area contributed by atoms with Gasteiger partial charge in [0, 0.05) is 24.7 Å². The zero-order valence-electron chi connectivity index (χ0n) is 16.0. The van der Waals surface area contributed by atoms with Crippen molar-refractivity contribution in [2.75, 3.05) is 31.0 Å². The van der Waals surface area contributed by atoms with E-state index >= 15 is 0 Å². The largest absolute Gasteiger partial charge is 0.497 e. The van der Waals surface area contributed by atoms with Crippen LogP contribution in [0.4, 0.5) is 11.4 Å². The molecule has 0 radical (unpaired) electrons. The van der Waals surface area contributed by atoms with Gasteiger partial charge < -0.3 is 19.7 Å². The first kappa shape index (κ1) is 18.8. The van der Waals surface area contributed by atoms with Gasteiger partial charge in [-0.15, -0.1) is 0 Å². The van der Waals surface area contributed by atoms with Gasteiger partial charge in [0.2, 0.25) is 11.8 Å². The van der Waals surface area contributed by atoms with Crippen LogP contribution in [0.5, 0.6) is 11.5 Å². The Hall–Kier alpha value is -3.02. The molecule has 0 unspecified atom stereocenters. The molecule has 0 aromatic heterocycles. The maximum Gasteiger partial charge on any atom is 0.229 e. The number of nitrogens with one attached hydrogen (secondary N) is 1. The Morgan fingerprint density at radius 2 is 1.89 bits per heavy atom. The summed E-state index contributed by atoms with van der Waals surface area (Å²) in [6, 6.07) is 11.2. The first-order valence-electron chi connectivity index (χ1n) is 8.83. The molecule has 0 aliphatic carbocycles. The predicted molar refractivity (Wildman–Crippen MR) is 105 cm³/mol. The minimum absolute atomic E-state index is 0.0403. The lowest BCUT2D eigenvalue weighted by atomic mass is 10.1. The summed E-state index contributed by atoms with van der Waals surface area (Å²) in [7, 11) is 3.10. The molecule has 1 aliphatic heterocycles. The maximum absolute atomic E-state index is 12.8. The Kier molecular flexibility index (Phi) is 5.35. The van der Waals surface area contributed by atoms with Gasteiger partial charge in [-0.3, -0.25) is 9.59 Å². The molecular weight excluding hydrogens is 344 g/mol. The van der Waals surface area contributed by atoms with E-state index in [4.69, 9.17) is 9.47 Å². The summed E-state index contributed by atoms with van der Waals surface area (Å²) in [5, 5.41) is 2.87. The van der Waals surface area contributed by atoms with Gasteiger partial charge in [0.1, 0.15) is 11.5 Å². The minimum Gasteiger partial charge on any atom is -0.497 e. The van der Waals surface area contributed by atoms with Gasteiger partial charge in [0.05, 0.1) is 25.8 Å². The molecule has 1 aliphatic rings. The van der Waals surface area contributed by atoms with E-state index in [1.54, 1.807) is 37.3 Å². The molecule has 27 heavy (non-hydrogen) atoms. The third kappa shape index (κ3) is 3.89. The van der Waals surface area contributed by atoms with Crippen LogP contribution < -0.4 is 19.7 Å². The van der Waals surface area contributed by atoms with Crippen molar-refractivity contribution >= 4 is 23.2 Å². The predicted octanol–water partition coefficient (Wildman–Crippen LogP) is 3.31. The highest BCUT2D eigenvalue weighted by Crippen LogP contribution is 2.32. The van der Waals surface area contributed by atoms with E-state index in [1.165, 1.54) is 0 Å². The molecule has 2 amide bonds. The summed E-state index contributed by atoms with van der Waals surface area (Å²) in [5.74, 6) is 0.489. The van der Waals surface area contributed by atoms with Crippen molar-refractivity contribution in [3.63, 3.8) is 0 Å². The fourth-order valence-electron chi connectivity index (χ4n) is 3.27. The van der Waals surface area contributed by atoms with E-state index < -0.39 is 5.92 Å². The van der Waals surface area contributed by atoms with Crippen molar-refractivity contribution in [1.82, 2.24) is 0 Å². The minimum atomic E-state index is -0.423. The molecule has 1 fully saturated rings. The number of hydrogen-bond acceptors (Lipinski definition) is 4. The molecule has 0 bridgehead atoms. The lowest BCUT2D eigenvalue weighted by Gasteiger charge is -2.20. The Morgan fingerprint density at radius 3 is 2.59 bits per heavy atom. The van der Waals surface area contributed by atoms with Gasteiger partial charge in [0.15, 0.2) is 0 Å². The molecule has 1 N–H and O–H groups in total. The molecule has 2 aromatic rings. The Balaban J connectivity index is 1.77. The molecular formula is C21H24N2O4. The van der Waals surface area contributed by atoms with Gasteiger partial charge in [-0.1, -0.05) is 12.1 Å². The lowest BCUT2D eigenvalue weighted by molar-refractivity contribution is -0.122. The number of methoxy groups -OCH3 is 2. The number of carbonyl (C=O) groups is 2. The van der Waals surface area contributed by atoms with Crippen LogP contribution in [0, 0.1) is 19.8 Å². The SMILES string of the molecule is COc1ccc(OC)c(NC(=O)[C@@H]2CC(=O)N(c3cc(C)ccc3C)C2)c1. The van der Waals surface area contributed by atoms with Crippen molar-refractivity contribution in [1.29, 1.82) is 0 Å². The number of aryl methyl sites for hydroxylation is 2. The number of amides is 2. The molecule has 6 nitrogen and oxygen atoms in total. The summed E-state index contributed by atoms with van der Waals surface area (Å²) in [5.41, 5.74) is 3.50. The van der Waals surface area contributed by atoms with Crippen LogP contribution in [-0.2, 0) is 9.59 Å². The van der Waals surface area contributed by atoms with Crippen molar-refractivity contribution in [3.8, 4) is 11.5 Å². The summed E-state index contributed by atoms with van der Waals surface area (Å²) in [6.07, 6.45) is 0.186. The summed E-state index contributed by atoms with van der Waals surface area (Å²) in [4.78, 5) is 27.0. The van der Waals surface area contributed by atoms with Crippen LogP contribution in [0.2, 0.25) is 0 Å². The summed E-state index contributed by atoms with van der Waals surface area (Å²) < 4.78 is 10.5. The average Bonchev–Trinajstić information content (AvgIpc) is 3.05. The fourth-order valence-corrected chi connectivity index (χ4v) is 3.27. The second-order valence-electron chi connectivity index (χ2n) is 6.75. The number of carbonyl (C=O) groups excluding carboxylic acids is 2. The van der Waals surface area contributed by atoms with E-state index in [1.807, 2.05) is 32.0 Å². The quantitative estimate of drug-likeness (QED) is 0.879. The van der Waals surface area contributed by atoms with Gasteiger partial charge in [-0.2, -0.15) is 0 Å². The number of anilines is 2. The molecule has 1 heterocycles. The maximum atomic E-state index is 12.8. The highest BCUT2D eigenvalue weighted by Gasteiger charge is 2.36. The molecule has 2 aromatic carbocycles. The first-order valence-corrected chi connectivity index (χ1v) is 8.83. The van der Waals surface area contributed by atoms with Crippen LogP contribution in [-0.4, -0.2) is 32.6 Å². The normalized spacial score (nSPS) is 16.4. The van der Waals surface area contributed by atoms with E-state index in [-0.39, 0.29) is 18.2 Å². The Labute approximate surface area is 159 Å². The summed E-state index contributed by atoms with van der Waals surface area (Å²) in [6.45, 7) is 4.32. The topological polar surface area (TPSA) is 67.9 Å². The van der Waals surface area contributed by atoms with Crippen molar-refractivity contribution in [3.05, 3.63) is 47.5 Å². The lowest BCUT2D eigenvalue weighted by Crippen LogP contribution is -2.28. The number of rotatable bonds is 5. The number of benzene rings is 2. The molecule has 1 saturated heterocycles. The van der Waals surface area contributed by atoms with Gasteiger partial charge >= 0.3 is 0 Å². The number of ether oxygens (including phenoxy) is 2. The van der Waals surface area contributed by atoms with Crippen molar-refractivity contribution in [2.45, 2.75) is 20.3 Å². The van der Waals surface area contributed by atoms with E-state index in [0.717, 1.165) is 16.8 Å². The standard InChI is InChI=1S/C21H24N2O4/c1-13-5-6-14(2)18(9-13)23-12-15(10-20(23)24)21(25)22-17-11-16(26-3)7-8-19(17)27-4/h5-9,11,15H,10,12H2,1-4H3,(H,22,25)/t15-/m1/s1. The van der Waals surface area contributed by atoms with Gasteiger partial charge in [-0.25, -0.2) is 0 Å². The number of nitrogens with zero attached hydrogens (tertiary/aromatic N) is 1.